The summed E-state index contributed by atoms with van der Waals surface area (Å²) >= 11 is 0. The summed E-state index contributed by atoms with van der Waals surface area (Å²) in [5.74, 6) is 0. The predicted molar refractivity (Wildman–Crippen MR) is 50.5 cm³/mol. The van der Waals surface area contributed by atoms with Crippen molar-refractivity contribution in [2.24, 2.45) is 0 Å². The van der Waals surface area contributed by atoms with E-state index < -0.39 is 43.2 Å². The third-order valence-corrected chi connectivity index (χ3v) is 16.9. The number of hydrogen-bond donors (Lipinski definition) is 0. The Morgan fingerprint density at radius 2 is 0.500 bits per heavy atom. The SMILES string of the molecule is FC(F)(F)C(F)(F)[As](Cl)(Cl)(C(F)(F)C(F)(F)F)C(F)(F)C(F)(F)F. The molecule has 0 nitrogen and oxygen atoms in total. The van der Waals surface area contributed by atoms with Crippen molar-refractivity contribution in [3.63, 3.8) is 0 Å². The first-order valence-corrected chi connectivity index (χ1v) is 12.3. The predicted octanol–water partition coefficient (Wildman–Crippen LogP) is 6.07. The molecule has 0 aliphatic heterocycles. The first-order chi connectivity index (χ1) is 9.82. The van der Waals surface area contributed by atoms with Crippen molar-refractivity contribution in [1.82, 2.24) is 0 Å². The fourth-order valence-electron chi connectivity index (χ4n) is 1.20. The quantitative estimate of drug-likeness (QED) is 0.324. The van der Waals surface area contributed by atoms with E-state index in [-0.39, 0.29) is 0 Å². The summed E-state index contributed by atoms with van der Waals surface area (Å²) in [5, 5.41) is 0. The molecular formula is C6AsCl2F15. The van der Waals surface area contributed by atoms with Gasteiger partial charge in [-0.2, -0.15) is 0 Å². The molecule has 0 aliphatic rings. The monoisotopic (exact) mass is 502 g/mol. The van der Waals surface area contributed by atoms with Crippen LogP contribution in [0.5, 0.6) is 0 Å². The van der Waals surface area contributed by atoms with E-state index in [1.807, 2.05) is 0 Å². The molecule has 0 rings (SSSR count). The van der Waals surface area contributed by atoms with Crippen LogP contribution >= 0.6 is 19.9 Å². The van der Waals surface area contributed by atoms with Gasteiger partial charge in [-0.3, -0.25) is 0 Å². The van der Waals surface area contributed by atoms with Crippen LogP contribution < -0.4 is 0 Å². The minimum absolute atomic E-state index is 3.66. The van der Waals surface area contributed by atoms with E-state index in [1.54, 1.807) is 0 Å². The third-order valence-electron chi connectivity index (χ3n) is 2.50. The second-order valence-electron chi connectivity index (χ2n) is 4.02. The normalized spacial score (nSPS) is 18.3. The minimum atomic E-state index is -11.5. The molecule has 0 unspecified atom stereocenters. The summed E-state index contributed by atoms with van der Waals surface area (Å²) < 4.78 is 164. The van der Waals surface area contributed by atoms with Crippen LogP contribution in [-0.4, -0.2) is 43.2 Å². The average Bonchev–Trinajstić information content (AvgIpc) is 2.23. The standard InChI is InChI=1S/C6AsCl2F15/c8-7(9,1(10,11)4(16,17)18,2(12,13)5(19,20)21)3(14,15)6(22,23)24. The van der Waals surface area contributed by atoms with Crippen molar-refractivity contribution in [3.05, 3.63) is 0 Å². The fraction of sp³-hybridized carbons (Fsp3) is 1.00. The Hall–Kier alpha value is 0.0884. The molecule has 0 N–H and O–H groups in total. The van der Waals surface area contributed by atoms with Gasteiger partial charge in [0, 0.05) is 0 Å². The second-order valence-corrected chi connectivity index (χ2v) is 19.3. The molecule has 0 aromatic heterocycles. The molecule has 18 heteroatoms. The molecule has 0 aromatic carbocycles. The summed E-state index contributed by atoms with van der Waals surface area (Å²) in [6.45, 7) is 0. The van der Waals surface area contributed by atoms with Crippen LogP contribution in [0.1, 0.15) is 0 Å². The fourth-order valence-corrected chi connectivity index (χ4v) is 9.21. The third kappa shape index (κ3) is 2.47. The first-order valence-electron chi connectivity index (χ1n) is 4.59. The van der Waals surface area contributed by atoms with Crippen molar-refractivity contribution < 1.29 is 65.9 Å². The van der Waals surface area contributed by atoms with Crippen LogP contribution in [0.15, 0.2) is 0 Å². The van der Waals surface area contributed by atoms with E-state index in [2.05, 4.69) is 19.9 Å². The van der Waals surface area contributed by atoms with Gasteiger partial charge < -0.3 is 0 Å². The van der Waals surface area contributed by atoms with Gasteiger partial charge in [0.15, 0.2) is 0 Å². The zero-order valence-electron chi connectivity index (χ0n) is 9.87. The maximum absolute atomic E-state index is 13.1. The molecule has 0 heterocycles. The summed E-state index contributed by atoms with van der Waals surface area (Å²) in [4.78, 5) is 0. The van der Waals surface area contributed by atoms with Gasteiger partial charge in [0.2, 0.25) is 0 Å². The van der Waals surface area contributed by atoms with Gasteiger partial charge >= 0.3 is 129 Å². The number of alkyl halides is 15. The molecule has 0 saturated heterocycles. The van der Waals surface area contributed by atoms with E-state index in [0.29, 0.717) is 0 Å². The van der Waals surface area contributed by atoms with Gasteiger partial charge in [0.25, 0.3) is 0 Å². The number of halogens is 17. The summed E-state index contributed by atoms with van der Waals surface area (Å²) in [6, 6.07) is 0. The van der Waals surface area contributed by atoms with Crippen LogP contribution in [0.2, 0.25) is 0 Å². The summed E-state index contributed by atoms with van der Waals surface area (Å²) in [6.07, 6.45) is -23.4. The molecule has 0 spiro atoms. The summed E-state index contributed by atoms with van der Waals surface area (Å²) in [5.41, 5.74) is 0. The second kappa shape index (κ2) is 5.30. The molecule has 0 aliphatic carbocycles. The molecule has 0 amide bonds. The molecular weight excluding hydrogens is 503 g/mol. The van der Waals surface area contributed by atoms with E-state index >= 15 is 0 Å². The van der Waals surface area contributed by atoms with Gasteiger partial charge in [-0.25, -0.2) is 0 Å². The van der Waals surface area contributed by atoms with Crippen molar-refractivity contribution in [2.75, 3.05) is 0 Å². The maximum atomic E-state index is 13.1. The molecule has 0 radical (unpaired) electrons. The molecule has 0 saturated carbocycles. The van der Waals surface area contributed by atoms with Crippen LogP contribution in [0.25, 0.3) is 0 Å². The van der Waals surface area contributed by atoms with Gasteiger partial charge in [0.1, 0.15) is 0 Å². The zero-order chi connectivity index (χ0) is 20.4. The number of rotatable bonds is 3. The van der Waals surface area contributed by atoms with Gasteiger partial charge in [-0.05, 0) is 0 Å². The molecule has 24 heavy (non-hydrogen) atoms. The molecule has 0 bridgehead atoms. The van der Waals surface area contributed by atoms with Crippen molar-refractivity contribution in [3.8, 4) is 0 Å². The van der Waals surface area contributed by atoms with E-state index in [9.17, 15) is 65.9 Å². The van der Waals surface area contributed by atoms with Crippen LogP contribution in [0.4, 0.5) is 65.9 Å². The Morgan fingerprint density at radius 1 is 0.375 bits per heavy atom. The average molecular weight is 503 g/mol. The Labute approximate surface area is 129 Å². The Balaban J connectivity index is 7.41. The summed E-state index contributed by atoms with van der Waals surface area (Å²) in [7, 11) is -4.21. The topological polar surface area (TPSA) is 0 Å². The van der Waals surface area contributed by atoms with Crippen molar-refractivity contribution in [2.45, 2.75) is 32.7 Å². The van der Waals surface area contributed by atoms with Crippen LogP contribution in [-0.2, 0) is 0 Å². The van der Waals surface area contributed by atoms with E-state index in [0.717, 1.165) is 0 Å². The molecule has 0 aromatic rings. The van der Waals surface area contributed by atoms with Crippen molar-refractivity contribution >= 4 is 30.5 Å². The van der Waals surface area contributed by atoms with Crippen LogP contribution in [0, 0.1) is 0 Å². The molecule has 0 fully saturated rings. The first kappa shape index (κ1) is 24.1. The van der Waals surface area contributed by atoms with E-state index in [4.69, 9.17) is 0 Å². The van der Waals surface area contributed by atoms with Crippen LogP contribution in [0.3, 0.4) is 0 Å². The zero-order valence-corrected chi connectivity index (χ0v) is 13.3. The Morgan fingerprint density at radius 3 is 0.583 bits per heavy atom. The van der Waals surface area contributed by atoms with Gasteiger partial charge in [0.05, 0.1) is 0 Å². The molecule has 148 valence electrons. The van der Waals surface area contributed by atoms with E-state index in [1.165, 1.54) is 0 Å². The Kier molecular flexibility index (Phi) is 5.32. The molecule has 0 atom stereocenters. The number of hydrogen-bond acceptors (Lipinski definition) is 0. The Bertz CT molecular complexity index is 424. The van der Waals surface area contributed by atoms with Gasteiger partial charge in [-0.1, -0.05) is 0 Å². The van der Waals surface area contributed by atoms with Gasteiger partial charge in [-0.15, -0.1) is 0 Å². The van der Waals surface area contributed by atoms with Crippen molar-refractivity contribution in [1.29, 1.82) is 0 Å².